The molecule has 0 aromatic carbocycles. The van der Waals surface area contributed by atoms with Crippen molar-refractivity contribution in [3.8, 4) is 0 Å². The van der Waals surface area contributed by atoms with E-state index in [9.17, 15) is 13.2 Å². The van der Waals surface area contributed by atoms with Crippen LogP contribution in [0.3, 0.4) is 0 Å². The smallest absolute Gasteiger partial charge is 0.236 e. The highest BCUT2D eigenvalue weighted by Gasteiger charge is 2.12. The van der Waals surface area contributed by atoms with Crippen LogP contribution in [0.2, 0.25) is 0 Å². The first-order chi connectivity index (χ1) is 6.76. The summed E-state index contributed by atoms with van der Waals surface area (Å²) < 4.78 is 21.9. The van der Waals surface area contributed by atoms with E-state index in [0.29, 0.717) is 6.54 Å². The number of amides is 1. The molecule has 1 amide bonds. The summed E-state index contributed by atoms with van der Waals surface area (Å²) in [6.07, 6.45) is 1.19. The molecule has 0 radical (unpaired) electrons. The van der Waals surface area contributed by atoms with E-state index in [0.717, 1.165) is 0 Å². The van der Waals surface area contributed by atoms with Gasteiger partial charge in [-0.25, -0.2) is 8.42 Å². The molecule has 0 saturated heterocycles. The van der Waals surface area contributed by atoms with Crippen molar-refractivity contribution < 1.29 is 13.2 Å². The zero-order valence-electron chi connectivity index (χ0n) is 9.78. The normalized spacial score (nSPS) is 13.6. The van der Waals surface area contributed by atoms with Crippen LogP contribution < -0.4 is 5.32 Å². The van der Waals surface area contributed by atoms with E-state index in [-0.39, 0.29) is 24.2 Å². The lowest BCUT2D eigenvalue weighted by Crippen LogP contribution is -2.41. The maximum Gasteiger partial charge on any atom is 0.236 e. The van der Waals surface area contributed by atoms with Gasteiger partial charge >= 0.3 is 0 Å². The van der Waals surface area contributed by atoms with Crippen LogP contribution in [0.25, 0.3) is 0 Å². The second-order valence-electron chi connectivity index (χ2n) is 3.78. The summed E-state index contributed by atoms with van der Waals surface area (Å²) in [5.74, 6) is 0.0219. The van der Waals surface area contributed by atoms with Gasteiger partial charge in [0.25, 0.3) is 0 Å². The number of nitrogens with zero attached hydrogens (tertiary/aromatic N) is 1. The number of likely N-dealkylation sites (N-methyl/N-ethyl adjacent to an activating group) is 1. The minimum absolute atomic E-state index is 0.0298. The van der Waals surface area contributed by atoms with Crippen molar-refractivity contribution in [1.82, 2.24) is 10.2 Å². The fraction of sp³-hybridized carbons (Fsp3) is 0.889. The van der Waals surface area contributed by atoms with Crippen molar-refractivity contribution >= 4 is 15.7 Å². The van der Waals surface area contributed by atoms with Crippen molar-refractivity contribution in [2.24, 2.45) is 0 Å². The van der Waals surface area contributed by atoms with Crippen molar-refractivity contribution in [2.75, 3.05) is 32.1 Å². The van der Waals surface area contributed by atoms with Gasteiger partial charge < -0.3 is 10.2 Å². The number of sulfone groups is 1. The molecule has 5 nitrogen and oxygen atoms in total. The quantitative estimate of drug-likeness (QED) is 0.674. The van der Waals surface area contributed by atoms with Crippen molar-refractivity contribution in [3.05, 3.63) is 0 Å². The van der Waals surface area contributed by atoms with Crippen molar-refractivity contribution in [3.63, 3.8) is 0 Å². The first kappa shape index (κ1) is 14.4. The summed E-state index contributed by atoms with van der Waals surface area (Å²) in [6.45, 7) is 4.47. The average Bonchev–Trinajstić information content (AvgIpc) is 2.10. The van der Waals surface area contributed by atoms with Gasteiger partial charge in [-0.1, -0.05) is 0 Å². The second-order valence-corrected chi connectivity index (χ2v) is 5.97. The third-order valence-corrected chi connectivity index (χ3v) is 3.16. The highest BCUT2D eigenvalue weighted by atomic mass is 32.2. The highest BCUT2D eigenvalue weighted by Crippen LogP contribution is 1.90. The highest BCUT2D eigenvalue weighted by molar-refractivity contribution is 7.90. The maximum absolute atomic E-state index is 11.4. The van der Waals surface area contributed by atoms with Crippen LogP contribution in [0.15, 0.2) is 0 Å². The maximum atomic E-state index is 11.4. The molecule has 0 aliphatic rings. The molecule has 0 fully saturated rings. The molecule has 0 rings (SSSR count). The van der Waals surface area contributed by atoms with E-state index in [1.165, 1.54) is 6.26 Å². The summed E-state index contributed by atoms with van der Waals surface area (Å²) in [7, 11) is -1.27. The van der Waals surface area contributed by atoms with Gasteiger partial charge in [0, 0.05) is 25.9 Å². The Hall–Kier alpha value is -0.620. The fourth-order valence-electron chi connectivity index (χ4n) is 1.09. The molecule has 6 heteroatoms. The number of nitrogens with one attached hydrogen (secondary N) is 1. The minimum atomic E-state index is -2.98. The van der Waals surface area contributed by atoms with E-state index in [2.05, 4.69) is 5.32 Å². The van der Waals surface area contributed by atoms with Gasteiger partial charge in [0.2, 0.25) is 5.91 Å². The van der Waals surface area contributed by atoms with Crippen molar-refractivity contribution in [1.29, 1.82) is 0 Å². The van der Waals surface area contributed by atoms with Gasteiger partial charge in [-0.3, -0.25) is 4.79 Å². The first-order valence-corrected chi connectivity index (χ1v) is 6.97. The number of carbonyl (C=O) groups excluding carboxylic acids is 1. The van der Waals surface area contributed by atoms with Crippen molar-refractivity contribution in [2.45, 2.75) is 19.9 Å². The molecule has 15 heavy (non-hydrogen) atoms. The Labute approximate surface area is 91.8 Å². The molecule has 1 unspecified atom stereocenters. The summed E-state index contributed by atoms with van der Waals surface area (Å²) in [4.78, 5) is 12.9. The summed E-state index contributed by atoms with van der Waals surface area (Å²) >= 11 is 0. The predicted octanol–water partition coefficient (Wildman–Crippen LogP) is -0.513. The lowest BCUT2D eigenvalue weighted by molar-refractivity contribution is -0.128. The lowest BCUT2D eigenvalue weighted by Gasteiger charge is -2.17. The van der Waals surface area contributed by atoms with E-state index >= 15 is 0 Å². The van der Waals surface area contributed by atoms with Gasteiger partial charge in [0.15, 0.2) is 0 Å². The van der Waals surface area contributed by atoms with Crippen LogP contribution in [0.4, 0.5) is 0 Å². The number of hydrogen-bond donors (Lipinski definition) is 1. The summed E-state index contributed by atoms with van der Waals surface area (Å²) in [5, 5.41) is 2.88. The van der Waals surface area contributed by atoms with Crippen LogP contribution in [0.5, 0.6) is 0 Å². The lowest BCUT2D eigenvalue weighted by atomic mass is 10.4. The van der Waals surface area contributed by atoms with E-state index in [4.69, 9.17) is 0 Å². The van der Waals surface area contributed by atoms with Gasteiger partial charge in [-0.15, -0.1) is 0 Å². The summed E-state index contributed by atoms with van der Waals surface area (Å²) in [6, 6.07) is -0.200. The van der Waals surface area contributed by atoms with Crippen LogP contribution in [0.1, 0.15) is 13.8 Å². The molecule has 0 aliphatic carbocycles. The number of hydrogen-bond acceptors (Lipinski definition) is 4. The molecular weight excluding hydrogens is 216 g/mol. The third-order valence-electron chi connectivity index (χ3n) is 2.05. The standard InChI is InChI=1S/C9H20N2O3S/c1-5-11(3)9(12)6-10-8(2)7-15(4,13)14/h8,10H,5-7H2,1-4H3. The van der Waals surface area contributed by atoms with E-state index < -0.39 is 9.84 Å². The largest absolute Gasteiger partial charge is 0.345 e. The molecule has 0 bridgehead atoms. The zero-order chi connectivity index (χ0) is 12.1. The van der Waals surface area contributed by atoms with Crippen LogP contribution in [-0.2, 0) is 14.6 Å². The minimum Gasteiger partial charge on any atom is -0.345 e. The average molecular weight is 236 g/mol. The molecule has 90 valence electrons. The van der Waals surface area contributed by atoms with Gasteiger partial charge in [0.05, 0.1) is 12.3 Å². The van der Waals surface area contributed by atoms with E-state index in [1.54, 1.807) is 18.9 Å². The monoisotopic (exact) mass is 236 g/mol. The zero-order valence-corrected chi connectivity index (χ0v) is 10.6. The SMILES string of the molecule is CCN(C)C(=O)CNC(C)CS(C)(=O)=O. The van der Waals surface area contributed by atoms with Gasteiger partial charge in [-0.2, -0.15) is 0 Å². The molecule has 0 spiro atoms. The second kappa shape index (κ2) is 6.07. The Morgan fingerprint density at radius 3 is 2.40 bits per heavy atom. The number of carbonyl (C=O) groups is 1. The molecule has 0 aromatic rings. The molecule has 0 aliphatic heterocycles. The molecule has 0 aromatic heterocycles. The summed E-state index contributed by atoms with van der Waals surface area (Å²) in [5.41, 5.74) is 0. The van der Waals surface area contributed by atoms with Gasteiger partial charge in [-0.05, 0) is 13.8 Å². The molecule has 0 heterocycles. The Kier molecular flexibility index (Phi) is 5.82. The third kappa shape index (κ3) is 7.33. The number of rotatable bonds is 6. The Morgan fingerprint density at radius 2 is 2.00 bits per heavy atom. The molecule has 1 atom stereocenters. The molecular formula is C9H20N2O3S. The van der Waals surface area contributed by atoms with Crippen LogP contribution in [-0.4, -0.2) is 57.4 Å². The Bertz CT molecular complexity index is 300. The topological polar surface area (TPSA) is 66.5 Å². The first-order valence-electron chi connectivity index (χ1n) is 4.91. The fourth-order valence-corrected chi connectivity index (χ4v) is 2.11. The molecule has 0 saturated carbocycles. The molecule has 1 N–H and O–H groups in total. The van der Waals surface area contributed by atoms with E-state index in [1.807, 2.05) is 6.92 Å². The Balaban J connectivity index is 3.91. The Morgan fingerprint density at radius 1 is 1.47 bits per heavy atom. The van der Waals surface area contributed by atoms with Crippen LogP contribution in [0, 0.1) is 0 Å². The van der Waals surface area contributed by atoms with Gasteiger partial charge in [0.1, 0.15) is 9.84 Å². The predicted molar refractivity (Wildman–Crippen MR) is 60.5 cm³/mol. The van der Waals surface area contributed by atoms with Crippen LogP contribution >= 0.6 is 0 Å².